The van der Waals surface area contributed by atoms with E-state index in [1.807, 2.05) is 6.08 Å². The fourth-order valence-electron chi connectivity index (χ4n) is 1.77. The lowest BCUT2D eigenvalue weighted by molar-refractivity contribution is 0.221. The molecule has 0 unspecified atom stereocenters. The highest BCUT2D eigenvalue weighted by molar-refractivity contribution is 5.09. The third-order valence-electron chi connectivity index (χ3n) is 2.86. The Morgan fingerprint density at radius 1 is 1.43 bits per heavy atom. The zero-order valence-electron chi connectivity index (χ0n) is 9.17. The number of rotatable bonds is 3. The lowest BCUT2D eigenvalue weighted by Gasteiger charge is -2.28. The average molecular weight is 197 g/mol. The molecule has 1 fully saturated rings. The molecule has 0 aromatic heterocycles. The zero-order chi connectivity index (χ0) is 10.4. The van der Waals surface area contributed by atoms with Crippen LogP contribution in [0.2, 0.25) is 0 Å². The van der Waals surface area contributed by atoms with Crippen LogP contribution in [-0.4, -0.2) is 25.0 Å². The summed E-state index contributed by atoms with van der Waals surface area (Å²) in [5.74, 6) is 0.630. The quantitative estimate of drug-likeness (QED) is 0.628. The van der Waals surface area contributed by atoms with Crippen LogP contribution in [-0.2, 0) is 0 Å². The Morgan fingerprint density at radius 3 is 2.64 bits per heavy atom. The first kappa shape index (κ1) is 11.4. The highest BCUT2D eigenvalue weighted by atomic mass is 19.1. The van der Waals surface area contributed by atoms with Gasteiger partial charge in [-0.2, -0.15) is 0 Å². The fraction of sp³-hybridized carbons (Fsp3) is 0.667. The third-order valence-corrected chi connectivity index (χ3v) is 2.86. The van der Waals surface area contributed by atoms with Gasteiger partial charge in [0.2, 0.25) is 0 Å². The van der Waals surface area contributed by atoms with Crippen LogP contribution in [0.3, 0.4) is 0 Å². The lowest BCUT2D eigenvalue weighted by Crippen LogP contribution is -2.29. The molecule has 0 saturated carbocycles. The molecular weight excluding hydrogens is 177 g/mol. The van der Waals surface area contributed by atoms with Gasteiger partial charge in [0.05, 0.1) is 0 Å². The van der Waals surface area contributed by atoms with Crippen molar-refractivity contribution in [1.82, 2.24) is 4.90 Å². The Hall–Kier alpha value is -0.630. The number of piperidine rings is 1. The minimum absolute atomic E-state index is 0.127. The lowest BCUT2D eigenvalue weighted by atomic mass is 9.94. The summed E-state index contributed by atoms with van der Waals surface area (Å²) >= 11 is 0. The second kappa shape index (κ2) is 5.97. The summed E-state index contributed by atoms with van der Waals surface area (Å²) in [6.45, 7) is 4.09. The number of likely N-dealkylation sites (tertiary alicyclic amines) is 1. The minimum atomic E-state index is -0.127. The Balaban J connectivity index is 2.22. The van der Waals surface area contributed by atoms with Gasteiger partial charge in [-0.1, -0.05) is 12.2 Å². The number of halogens is 1. The topological polar surface area (TPSA) is 3.24 Å². The van der Waals surface area contributed by atoms with E-state index in [9.17, 15) is 4.39 Å². The van der Waals surface area contributed by atoms with E-state index in [-0.39, 0.29) is 5.83 Å². The maximum absolute atomic E-state index is 12.7. The van der Waals surface area contributed by atoms with Crippen LogP contribution in [0.1, 0.15) is 26.2 Å². The Bertz CT molecular complexity index is 212. The van der Waals surface area contributed by atoms with E-state index in [4.69, 9.17) is 0 Å². The van der Waals surface area contributed by atoms with Crippen molar-refractivity contribution in [3.8, 4) is 0 Å². The first-order valence-corrected chi connectivity index (χ1v) is 5.39. The molecule has 1 heterocycles. The smallest absolute Gasteiger partial charge is 0.118 e. The van der Waals surface area contributed by atoms with E-state index >= 15 is 0 Å². The zero-order valence-corrected chi connectivity index (χ0v) is 9.17. The van der Waals surface area contributed by atoms with Crippen LogP contribution in [0, 0.1) is 5.92 Å². The maximum Gasteiger partial charge on any atom is 0.118 e. The standard InChI is InChI=1S/C12H20FN/c1-3-12(13)6-4-5-11-7-9-14(2)10-8-11/h3-4,6,11H,5,7-10H2,1-2H3/b6-4-,12-3+. The Kier molecular flexibility index (Phi) is 4.88. The van der Waals surface area contributed by atoms with Crippen LogP contribution < -0.4 is 0 Å². The van der Waals surface area contributed by atoms with Crippen molar-refractivity contribution < 1.29 is 4.39 Å². The van der Waals surface area contributed by atoms with Crippen LogP contribution in [0.15, 0.2) is 24.1 Å². The fourth-order valence-corrected chi connectivity index (χ4v) is 1.77. The molecule has 0 spiro atoms. The number of allylic oxidation sites excluding steroid dienone is 4. The number of nitrogens with zero attached hydrogens (tertiary/aromatic N) is 1. The van der Waals surface area contributed by atoms with E-state index in [1.165, 1.54) is 32.0 Å². The molecule has 80 valence electrons. The van der Waals surface area contributed by atoms with E-state index in [2.05, 4.69) is 11.9 Å². The SMILES string of the molecule is C/C=C(F)\C=C/CC1CCN(C)CC1. The second-order valence-corrected chi connectivity index (χ2v) is 4.06. The molecule has 2 heteroatoms. The van der Waals surface area contributed by atoms with Crippen molar-refractivity contribution in [3.63, 3.8) is 0 Å². The van der Waals surface area contributed by atoms with Crippen molar-refractivity contribution in [2.45, 2.75) is 26.2 Å². The summed E-state index contributed by atoms with van der Waals surface area (Å²) < 4.78 is 12.7. The van der Waals surface area contributed by atoms with E-state index in [1.54, 1.807) is 13.0 Å². The molecule has 0 N–H and O–H groups in total. The number of hydrogen-bond donors (Lipinski definition) is 0. The monoisotopic (exact) mass is 197 g/mol. The average Bonchev–Trinajstić information content (AvgIpc) is 2.21. The molecule has 0 atom stereocenters. The summed E-state index contributed by atoms with van der Waals surface area (Å²) in [5, 5.41) is 0. The van der Waals surface area contributed by atoms with E-state index in [0.29, 0.717) is 0 Å². The molecule has 0 aromatic carbocycles. The summed E-state index contributed by atoms with van der Waals surface area (Å²) in [5.41, 5.74) is 0. The van der Waals surface area contributed by atoms with E-state index in [0.717, 1.165) is 12.3 Å². The molecule has 0 radical (unpaired) electrons. The number of hydrogen-bond acceptors (Lipinski definition) is 1. The van der Waals surface area contributed by atoms with Gasteiger partial charge < -0.3 is 4.90 Å². The summed E-state index contributed by atoms with van der Waals surface area (Å²) in [6, 6.07) is 0. The van der Waals surface area contributed by atoms with Gasteiger partial charge in [-0.3, -0.25) is 0 Å². The molecule has 0 aromatic rings. The van der Waals surface area contributed by atoms with Crippen LogP contribution >= 0.6 is 0 Å². The Labute approximate surface area is 86.3 Å². The highest BCUT2D eigenvalue weighted by Gasteiger charge is 2.14. The largest absolute Gasteiger partial charge is 0.306 e. The van der Waals surface area contributed by atoms with Gasteiger partial charge in [0.15, 0.2) is 0 Å². The second-order valence-electron chi connectivity index (χ2n) is 4.06. The van der Waals surface area contributed by atoms with Crippen LogP contribution in [0.4, 0.5) is 4.39 Å². The molecule has 1 rings (SSSR count). The molecule has 0 amide bonds. The molecule has 1 aliphatic rings. The van der Waals surface area contributed by atoms with Crippen molar-refractivity contribution in [2.24, 2.45) is 5.92 Å². The summed E-state index contributed by atoms with van der Waals surface area (Å²) in [6.07, 6.45) is 8.56. The van der Waals surface area contributed by atoms with Crippen LogP contribution in [0.5, 0.6) is 0 Å². The van der Waals surface area contributed by atoms with Gasteiger partial charge in [-0.05, 0) is 58.3 Å². The van der Waals surface area contributed by atoms with Gasteiger partial charge in [0.1, 0.15) is 5.83 Å². The van der Waals surface area contributed by atoms with Gasteiger partial charge in [0.25, 0.3) is 0 Å². The molecule has 1 saturated heterocycles. The minimum Gasteiger partial charge on any atom is -0.306 e. The van der Waals surface area contributed by atoms with E-state index < -0.39 is 0 Å². The van der Waals surface area contributed by atoms with Gasteiger partial charge in [-0.15, -0.1) is 0 Å². The molecular formula is C12H20FN. The highest BCUT2D eigenvalue weighted by Crippen LogP contribution is 2.20. The normalized spacial score (nSPS) is 22.1. The van der Waals surface area contributed by atoms with Gasteiger partial charge >= 0.3 is 0 Å². The van der Waals surface area contributed by atoms with Crippen molar-refractivity contribution >= 4 is 0 Å². The molecule has 0 bridgehead atoms. The first-order valence-electron chi connectivity index (χ1n) is 5.39. The first-order chi connectivity index (χ1) is 6.72. The van der Waals surface area contributed by atoms with Crippen molar-refractivity contribution in [1.29, 1.82) is 0 Å². The molecule has 1 nitrogen and oxygen atoms in total. The third kappa shape index (κ3) is 4.05. The van der Waals surface area contributed by atoms with Crippen molar-refractivity contribution in [3.05, 3.63) is 24.1 Å². The van der Waals surface area contributed by atoms with Gasteiger partial charge in [0, 0.05) is 0 Å². The predicted octanol–water partition coefficient (Wildman–Crippen LogP) is 3.15. The molecule has 1 aliphatic heterocycles. The predicted molar refractivity (Wildman–Crippen MR) is 58.8 cm³/mol. The summed E-state index contributed by atoms with van der Waals surface area (Å²) in [7, 11) is 2.16. The Morgan fingerprint density at radius 2 is 2.07 bits per heavy atom. The van der Waals surface area contributed by atoms with Gasteiger partial charge in [-0.25, -0.2) is 4.39 Å². The molecule has 14 heavy (non-hydrogen) atoms. The van der Waals surface area contributed by atoms with Crippen LogP contribution in [0.25, 0.3) is 0 Å². The van der Waals surface area contributed by atoms with Crippen molar-refractivity contribution in [2.75, 3.05) is 20.1 Å². The molecule has 0 aliphatic carbocycles. The maximum atomic E-state index is 12.7. The summed E-state index contributed by atoms with van der Waals surface area (Å²) in [4.78, 5) is 2.35.